The molecule has 0 aliphatic rings. The minimum absolute atomic E-state index is 0.0467. The molecule has 0 N–H and O–H groups in total. The minimum Gasteiger partial charge on any atom is -0.304 e. The number of hydrogen-bond donors (Lipinski definition) is 0. The zero-order valence-corrected chi connectivity index (χ0v) is 11.9. The van der Waals surface area contributed by atoms with Gasteiger partial charge in [-0.2, -0.15) is 5.26 Å². The summed E-state index contributed by atoms with van der Waals surface area (Å²) in [6.07, 6.45) is 1.06. The summed E-state index contributed by atoms with van der Waals surface area (Å²) in [5, 5.41) is 11.4. The Labute approximate surface area is 118 Å². The predicted molar refractivity (Wildman–Crippen MR) is 80.3 cm³/mol. The lowest BCUT2D eigenvalue weighted by Crippen LogP contribution is -2.26. The highest BCUT2D eigenvalue weighted by atomic mass is 32.1. The quantitative estimate of drug-likeness (QED) is 0.803. The highest BCUT2D eigenvalue weighted by molar-refractivity contribution is 7.09. The Morgan fingerprint density at radius 2 is 2.00 bits per heavy atom. The van der Waals surface area contributed by atoms with Crippen LogP contribution in [0.5, 0.6) is 0 Å². The van der Waals surface area contributed by atoms with E-state index >= 15 is 0 Å². The normalized spacial score (nSPS) is 12.3. The number of likely N-dealkylation sites (N-methyl/N-ethyl adjacent to an activating group) is 1. The van der Waals surface area contributed by atoms with Gasteiger partial charge in [-0.1, -0.05) is 36.4 Å². The maximum Gasteiger partial charge on any atom is 0.0839 e. The van der Waals surface area contributed by atoms with Crippen LogP contribution in [0.2, 0.25) is 0 Å². The van der Waals surface area contributed by atoms with Crippen molar-refractivity contribution in [3.63, 3.8) is 0 Å². The summed E-state index contributed by atoms with van der Waals surface area (Å²) in [7, 11) is 2.08. The van der Waals surface area contributed by atoms with Crippen molar-refractivity contribution in [1.29, 1.82) is 5.26 Å². The standard InChI is InChI=1S/C16H18N2S/c1-18(10-9-16-8-5-11-19-16)13-15(12-17)14-6-3-2-4-7-14/h2-8,11,15H,9-10,13H2,1H3. The van der Waals surface area contributed by atoms with E-state index in [1.807, 2.05) is 30.3 Å². The smallest absolute Gasteiger partial charge is 0.0839 e. The zero-order chi connectivity index (χ0) is 13.5. The van der Waals surface area contributed by atoms with Crippen LogP contribution >= 0.6 is 11.3 Å². The molecule has 2 nitrogen and oxygen atoms in total. The van der Waals surface area contributed by atoms with Crippen molar-refractivity contribution in [2.75, 3.05) is 20.1 Å². The van der Waals surface area contributed by atoms with Gasteiger partial charge in [-0.25, -0.2) is 0 Å². The lowest BCUT2D eigenvalue weighted by molar-refractivity contribution is 0.332. The van der Waals surface area contributed by atoms with Gasteiger partial charge in [0.1, 0.15) is 0 Å². The second kappa shape index (κ2) is 7.08. The predicted octanol–water partition coefficient (Wildman–Crippen LogP) is 3.53. The average Bonchev–Trinajstić information content (AvgIpc) is 2.97. The maximum absolute atomic E-state index is 9.31. The van der Waals surface area contributed by atoms with E-state index < -0.39 is 0 Å². The molecule has 0 saturated carbocycles. The molecule has 1 atom stereocenters. The molecule has 2 rings (SSSR count). The second-order valence-corrected chi connectivity index (χ2v) is 5.72. The molecule has 0 amide bonds. The van der Waals surface area contributed by atoms with E-state index in [9.17, 15) is 5.26 Å². The SMILES string of the molecule is CN(CCc1cccs1)CC(C#N)c1ccccc1. The molecule has 0 aliphatic heterocycles. The van der Waals surface area contributed by atoms with Gasteiger partial charge in [0.2, 0.25) is 0 Å². The number of hydrogen-bond acceptors (Lipinski definition) is 3. The van der Waals surface area contributed by atoms with Gasteiger partial charge < -0.3 is 4.90 Å². The molecule has 1 aromatic carbocycles. The summed E-state index contributed by atoms with van der Waals surface area (Å²) in [6, 6.07) is 16.7. The van der Waals surface area contributed by atoms with Gasteiger partial charge in [0.05, 0.1) is 12.0 Å². The molecule has 1 heterocycles. The molecule has 1 aromatic heterocycles. The first kappa shape index (κ1) is 13.8. The Morgan fingerprint density at radius 1 is 1.21 bits per heavy atom. The molecular weight excluding hydrogens is 252 g/mol. The zero-order valence-electron chi connectivity index (χ0n) is 11.1. The molecule has 0 fully saturated rings. The van der Waals surface area contributed by atoms with E-state index in [-0.39, 0.29) is 5.92 Å². The monoisotopic (exact) mass is 270 g/mol. The first-order valence-electron chi connectivity index (χ1n) is 6.45. The van der Waals surface area contributed by atoms with Crippen molar-refractivity contribution >= 4 is 11.3 Å². The molecule has 98 valence electrons. The molecule has 0 radical (unpaired) electrons. The van der Waals surface area contributed by atoms with Gasteiger partial charge in [-0.3, -0.25) is 0 Å². The summed E-state index contributed by atoms with van der Waals surface area (Å²) in [4.78, 5) is 3.64. The van der Waals surface area contributed by atoms with Crippen molar-refractivity contribution in [1.82, 2.24) is 4.90 Å². The van der Waals surface area contributed by atoms with E-state index in [1.165, 1.54) is 4.88 Å². The molecule has 0 aliphatic carbocycles. The van der Waals surface area contributed by atoms with Crippen LogP contribution in [0, 0.1) is 11.3 Å². The third kappa shape index (κ3) is 4.20. The molecule has 0 bridgehead atoms. The van der Waals surface area contributed by atoms with Gasteiger partial charge in [-0.15, -0.1) is 11.3 Å². The van der Waals surface area contributed by atoms with E-state index in [0.29, 0.717) is 0 Å². The van der Waals surface area contributed by atoms with Crippen molar-refractivity contribution in [2.45, 2.75) is 12.3 Å². The summed E-state index contributed by atoms with van der Waals surface area (Å²) < 4.78 is 0. The summed E-state index contributed by atoms with van der Waals surface area (Å²) >= 11 is 1.79. The van der Waals surface area contributed by atoms with Gasteiger partial charge in [0.15, 0.2) is 0 Å². The Kier molecular flexibility index (Phi) is 5.14. The Balaban J connectivity index is 1.87. The largest absolute Gasteiger partial charge is 0.304 e. The minimum atomic E-state index is -0.0467. The van der Waals surface area contributed by atoms with Gasteiger partial charge in [0.25, 0.3) is 0 Å². The van der Waals surface area contributed by atoms with Gasteiger partial charge in [0, 0.05) is 18.0 Å². The summed E-state index contributed by atoms with van der Waals surface area (Å²) in [6.45, 7) is 1.78. The summed E-state index contributed by atoms with van der Waals surface area (Å²) in [5.41, 5.74) is 1.10. The van der Waals surface area contributed by atoms with E-state index in [1.54, 1.807) is 11.3 Å². The third-order valence-corrected chi connectivity index (χ3v) is 4.11. The molecule has 19 heavy (non-hydrogen) atoms. The lowest BCUT2D eigenvalue weighted by atomic mass is 10.0. The van der Waals surface area contributed by atoms with Crippen molar-refractivity contribution < 1.29 is 0 Å². The lowest BCUT2D eigenvalue weighted by Gasteiger charge is -2.19. The van der Waals surface area contributed by atoms with Crippen LogP contribution in [-0.2, 0) is 6.42 Å². The number of benzene rings is 1. The number of rotatable bonds is 6. The highest BCUT2D eigenvalue weighted by Gasteiger charge is 2.12. The van der Waals surface area contributed by atoms with Crippen LogP contribution in [0.25, 0.3) is 0 Å². The molecule has 0 spiro atoms. The second-order valence-electron chi connectivity index (χ2n) is 4.68. The van der Waals surface area contributed by atoms with Crippen LogP contribution in [0.4, 0.5) is 0 Å². The Bertz CT molecular complexity index is 513. The van der Waals surface area contributed by atoms with Gasteiger partial charge in [-0.05, 0) is 30.5 Å². The fraction of sp³-hybridized carbons (Fsp3) is 0.312. The van der Waals surface area contributed by atoms with Crippen LogP contribution in [0.3, 0.4) is 0 Å². The molecule has 1 unspecified atom stereocenters. The molecule has 2 aromatic rings. The van der Waals surface area contributed by atoms with Crippen molar-refractivity contribution in [3.05, 3.63) is 58.3 Å². The van der Waals surface area contributed by atoms with Crippen LogP contribution in [0.1, 0.15) is 16.4 Å². The van der Waals surface area contributed by atoms with E-state index in [4.69, 9.17) is 0 Å². The number of nitrogens with zero attached hydrogens (tertiary/aromatic N) is 2. The first-order valence-corrected chi connectivity index (χ1v) is 7.33. The first-order chi connectivity index (χ1) is 9.29. The fourth-order valence-corrected chi connectivity index (χ4v) is 2.76. The number of nitriles is 1. The maximum atomic E-state index is 9.31. The van der Waals surface area contributed by atoms with Crippen LogP contribution in [0.15, 0.2) is 47.8 Å². The molecular formula is C16H18N2S. The average molecular weight is 270 g/mol. The topological polar surface area (TPSA) is 27.0 Å². The van der Waals surface area contributed by atoms with Crippen molar-refractivity contribution in [2.24, 2.45) is 0 Å². The molecule has 0 saturated heterocycles. The highest BCUT2D eigenvalue weighted by Crippen LogP contribution is 2.16. The Hall–Kier alpha value is -1.63. The van der Waals surface area contributed by atoms with E-state index in [2.05, 4.69) is 35.5 Å². The number of thiophene rings is 1. The summed E-state index contributed by atoms with van der Waals surface area (Å²) in [5.74, 6) is -0.0467. The van der Waals surface area contributed by atoms with E-state index in [0.717, 1.165) is 25.1 Å². The third-order valence-electron chi connectivity index (χ3n) is 3.17. The van der Waals surface area contributed by atoms with Crippen molar-refractivity contribution in [3.8, 4) is 6.07 Å². The Morgan fingerprint density at radius 3 is 2.63 bits per heavy atom. The van der Waals surface area contributed by atoms with Crippen LogP contribution < -0.4 is 0 Å². The van der Waals surface area contributed by atoms with Crippen LogP contribution in [-0.4, -0.2) is 25.0 Å². The molecule has 3 heteroatoms. The van der Waals surface area contributed by atoms with Gasteiger partial charge >= 0.3 is 0 Å². The fourth-order valence-electron chi connectivity index (χ4n) is 2.06.